The summed E-state index contributed by atoms with van der Waals surface area (Å²) in [5, 5.41) is 3.38. The fourth-order valence-electron chi connectivity index (χ4n) is 3.44. The van der Waals surface area contributed by atoms with Crippen molar-refractivity contribution in [1.29, 1.82) is 0 Å². The second kappa shape index (κ2) is 7.79. The lowest BCUT2D eigenvalue weighted by Crippen LogP contribution is -2.52. The van der Waals surface area contributed by atoms with Crippen LogP contribution in [0, 0.1) is 0 Å². The molecule has 126 valence electrons. The van der Waals surface area contributed by atoms with Crippen LogP contribution in [-0.4, -0.2) is 74.1 Å². The van der Waals surface area contributed by atoms with Crippen molar-refractivity contribution in [2.45, 2.75) is 19.4 Å². The molecule has 2 aliphatic heterocycles. The highest BCUT2D eigenvalue weighted by Crippen LogP contribution is 2.15. The van der Waals surface area contributed by atoms with E-state index >= 15 is 0 Å². The summed E-state index contributed by atoms with van der Waals surface area (Å²) in [7, 11) is 0. The summed E-state index contributed by atoms with van der Waals surface area (Å²) in [5.41, 5.74) is 1.30. The molecule has 2 saturated heterocycles. The van der Waals surface area contributed by atoms with Crippen LogP contribution in [0.2, 0.25) is 0 Å². The predicted molar refractivity (Wildman–Crippen MR) is 93.8 cm³/mol. The van der Waals surface area contributed by atoms with E-state index in [2.05, 4.69) is 52.4 Å². The number of hydrogen-bond donors (Lipinski definition) is 1. The third-order valence-electron chi connectivity index (χ3n) is 4.86. The Bertz CT molecular complexity index is 499. The monoisotopic (exact) mass is 316 g/mol. The number of benzene rings is 1. The summed E-state index contributed by atoms with van der Waals surface area (Å²) in [6.45, 7) is 9.82. The quantitative estimate of drug-likeness (QED) is 0.900. The summed E-state index contributed by atoms with van der Waals surface area (Å²) < 4.78 is 0. The fraction of sp³-hybridized carbons (Fsp3) is 0.611. The van der Waals surface area contributed by atoms with Gasteiger partial charge in [0.15, 0.2) is 0 Å². The van der Waals surface area contributed by atoms with E-state index < -0.39 is 0 Å². The maximum absolute atomic E-state index is 12.3. The second-order valence-electron chi connectivity index (χ2n) is 6.61. The van der Waals surface area contributed by atoms with E-state index in [1.807, 2.05) is 4.90 Å². The van der Waals surface area contributed by atoms with Crippen LogP contribution >= 0.6 is 0 Å². The van der Waals surface area contributed by atoms with Crippen molar-refractivity contribution >= 4 is 11.6 Å². The highest BCUT2D eigenvalue weighted by atomic mass is 16.2. The summed E-state index contributed by atoms with van der Waals surface area (Å²) in [6, 6.07) is 11.0. The average molecular weight is 316 g/mol. The van der Waals surface area contributed by atoms with E-state index in [4.69, 9.17) is 0 Å². The molecule has 2 fully saturated rings. The molecule has 0 spiro atoms. The number of para-hydroxylation sites is 1. The second-order valence-corrected chi connectivity index (χ2v) is 6.61. The summed E-state index contributed by atoms with van der Waals surface area (Å²) in [4.78, 5) is 19.2. The van der Waals surface area contributed by atoms with Crippen molar-refractivity contribution < 1.29 is 4.79 Å². The Hall–Kier alpha value is -1.59. The van der Waals surface area contributed by atoms with Crippen molar-refractivity contribution in [3.63, 3.8) is 0 Å². The third-order valence-corrected chi connectivity index (χ3v) is 4.86. The van der Waals surface area contributed by atoms with Crippen LogP contribution in [0.15, 0.2) is 30.3 Å². The molecule has 5 heteroatoms. The van der Waals surface area contributed by atoms with Crippen LogP contribution < -0.4 is 10.2 Å². The van der Waals surface area contributed by atoms with Gasteiger partial charge in [0.1, 0.15) is 0 Å². The van der Waals surface area contributed by atoms with Gasteiger partial charge in [0.2, 0.25) is 5.91 Å². The van der Waals surface area contributed by atoms with Crippen LogP contribution in [0.25, 0.3) is 0 Å². The lowest BCUT2D eigenvalue weighted by atomic mass is 10.2. The standard InChI is InChI=1S/C18H28N4O/c1-16-15-22(10-8-19-16)18(23)7-9-20-11-13-21(14-12-20)17-5-3-2-4-6-17/h2-6,16,19H,7-15H2,1H3. The predicted octanol–water partition coefficient (Wildman–Crippen LogP) is 1.02. The first-order valence-corrected chi connectivity index (χ1v) is 8.76. The molecule has 1 aromatic carbocycles. The molecule has 2 aliphatic rings. The highest BCUT2D eigenvalue weighted by Gasteiger charge is 2.22. The van der Waals surface area contributed by atoms with Crippen LogP contribution in [-0.2, 0) is 4.79 Å². The third kappa shape index (κ3) is 4.45. The number of amides is 1. The average Bonchev–Trinajstić information content (AvgIpc) is 2.61. The number of piperazine rings is 2. The number of anilines is 1. The summed E-state index contributed by atoms with van der Waals surface area (Å²) in [5.74, 6) is 0.309. The minimum Gasteiger partial charge on any atom is -0.369 e. The normalized spacial score (nSPS) is 23.1. The summed E-state index contributed by atoms with van der Waals surface area (Å²) >= 11 is 0. The zero-order valence-electron chi connectivity index (χ0n) is 14.1. The van der Waals surface area contributed by atoms with E-state index in [0.717, 1.165) is 52.4 Å². The lowest BCUT2D eigenvalue weighted by Gasteiger charge is -2.37. The first-order chi connectivity index (χ1) is 11.2. The van der Waals surface area contributed by atoms with Gasteiger partial charge in [0.05, 0.1) is 0 Å². The Balaban J connectivity index is 1.40. The van der Waals surface area contributed by atoms with Crippen LogP contribution in [0.3, 0.4) is 0 Å². The van der Waals surface area contributed by atoms with E-state index in [1.165, 1.54) is 5.69 Å². The molecule has 0 aliphatic carbocycles. The molecule has 5 nitrogen and oxygen atoms in total. The number of carbonyl (C=O) groups is 1. The van der Waals surface area contributed by atoms with Gasteiger partial charge >= 0.3 is 0 Å². The van der Waals surface area contributed by atoms with Crippen molar-refractivity contribution in [2.24, 2.45) is 0 Å². The highest BCUT2D eigenvalue weighted by molar-refractivity contribution is 5.76. The van der Waals surface area contributed by atoms with Gasteiger partial charge in [-0.3, -0.25) is 9.69 Å². The molecule has 23 heavy (non-hydrogen) atoms. The molecule has 1 aromatic rings. The number of nitrogens with one attached hydrogen (secondary N) is 1. The first-order valence-electron chi connectivity index (χ1n) is 8.76. The Morgan fingerprint density at radius 2 is 1.87 bits per heavy atom. The fourth-order valence-corrected chi connectivity index (χ4v) is 3.44. The van der Waals surface area contributed by atoms with Gasteiger partial charge < -0.3 is 15.1 Å². The van der Waals surface area contributed by atoms with Gasteiger partial charge in [-0.1, -0.05) is 18.2 Å². The smallest absolute Gasteiger partial charge is 0.223 e. The lowest BCUT2D eigenvalue weighted by molar-refractivity contribution is -0.132. The number of carbonyl (C=O) groups excluding carboxylic acids is 1. The summed E-state index contributed by atoms with van der Waals surface area (Å²) in [6.07, 6.45) is 0.651. The Morgan fingerprint density at radius 3 is 2.57 bits per heavy atom. The van der Waals surface area contributed by atoms with Crippen molar-refractivity contribution in [3.8, 4) is 0 Å². The van der Waals surface area contributed by atoms with E-state index in [9.17, 15) is 4.79 Å². The molecule has 1 N–H and O–H groups in total. The van der Waals surface area contributed by atoms with Gasteiger partial charge in [-0.25, -0.2) is 0 Å². The maximum Gasteiger partial charge on any atom is 0.223 e. The molecule has 1 amide bonds. The molecule has 0 radical (unpaired) electrons. The molecule has 0 saturated carbocycles. The largest absolute Gasteiger partial charge is 0.369 e. The number of rotatable bonds is 4. The SMILES string of the molecule is CC1CN(C(=O)CCN2CCN(c3ccccc3)CC2)CCN1. The van der Waals surface area contributed by atoms with E-state index in [-0.39, 0.29) is 0 Å². The molecular weight excluding hydrogens is 288 g/mol. The van der Waals surface area contributed by atoms with Gasteiger partial charge in [-0.2, -0.15) is 0 Å². The molecule has 0 aromatic heterocycles. The molecule has 3 rings (SSSR count). The van der Waals surface area contributed by atoms with Gasteiger partial charge in [0, 0.05) is 70.5 Å². The zero-order chi connectivity index (χ0) is 16.1. The van der Waals surface area contributed by atoms with Gasteiger partial charge in [-0.15, -0.1) is 0 Å². The number of hydrogen-bond acceptors (Lipinski definition) is 4. The maximum atomic E-state index is 12.3. The Labute approximate surface area is 139 Å². The minimum absolute atomic E-state index is 0.309. The first kappa shape index (κ1) is 16.3. The minimum atomic E-state index is 0.309. The zero-order valence-corrected chi connectivity index (χ0v) is 14.1. The van der Waals surface area contributed by atoms with Crippen LogP contribution in [0.4, 0.5) is 5.69 Å². The van der Waals surface area contributed by atoms with E-state index in [0.29, 0.717) is 18.4 Å². The molecule has 1 atom stereocenters. The Kier molecular flexibility index (Phi) is 5.51. The number of nitrogens with zero attached hydrogens (tertiary/aromatic N) is 3. The molecule has 1 unspecified atom stereocenters. The van der Waals surface area contributed by atoms with Crippen LogP contribution in [0.5, 0.6) is 0 Å². The van der Waals surface area contributed by atoms with Crippen molar-refractivity contribution in [3.05, 3.63) is 30.3 Å². The van der Waals surface area contributed by atoms with E-state index in [1.54, 1.807) is 0 Å². The topological polar surface area (TPSA) is 38.8 Å². The van der Waals surface area contributed by atoms with Crippen LogP contribution in [0.1, 0.15) is 13.3 Å². The van der Waals surface area contributed by atoms with Gasteiger partial charge in [0.25, 0.3) is 0 Å². The van der Waals surface area contributed by atoms with Crippen molar-refractivity contribution in [2.75, 3.05) is 57.3 Å². The van der Waals surface area contributed by atoms with Crippen molar-refractivity contribution in [1.82, 2.24) is 15.1 Å². The molecular formula is C18H28N4O. The molecule has 2 heterocycles. The Morgan fingerprint density at radius 1 is 1.13 bits per heavy atom. The van der Waals surface area contributed by atoms with Gasteiger partial charge in [-0.05, 0) is 19.1 Å². The molecule has 0 bridgehead atoms.